The van der Waals surface area contributed by atoms with Crippen LogP contribution in [0, 0.1) is 6.92 Å². The van der Waals surface area contributed by atoms with Gasteiger partial charge in [-0.2, -0.15) is 0 Å². The number of hydrogen-bond donors (Lipinski definition) is 1. The van der Waals surface area contributed by atoms with E-state index in [1.54, 1.807) is 0 Å². The van der Waals surface area contributed by atoms with Crippen LogP contribution in [0.2, 0.25) is 0 Å². The smallest absolute Gasteiger partial charge is 0.230 e. The summed E-state index contributed by atoms with van der Waals surface area (Å²) in [6, 6.07) is 18.2. The number of hydrogen-bond acceptors (Lipinski definition) is 3. The van der Waals surface area contributed by atoms with Gasteiger partial charge in [0.2, 0.25) is 5.91 Å². The van der Waals surface area contributed by atoms with E-state index in [0.717, 1.165) is 22.0 Å². The number of nitrogens with one attached hydrogen (secondary N) is 1. The van der Waals surface area contributed by atoms with E-state index >= 15 is 0 Å². The molecule has 0 unspecified atom stereocenters. The number of aryl methyl sites for hydroxylation is 1. The fourth-order valence-corrected chi connectivity index (χ4v) is 3.37. The number of benzene rings is 2. The molecular formula is C20H21N3OS. The molecule has 1 amide bonds. The molecule has 0 spiro atoms. The SMILES string of the molecule is Cc1ccccc1CNC(=O)CSc1ncc(-c2ccccc2)n1C. The van der Waals surface area contributed by atoms with Crippen molar-refractivity contribution in [1.29, 1.82) is 0 Å². The normalized spacial score (nSPS) is 10.6. The Labute approximate surface area is 152 Å². The Morgan fingerprint density at radius 3 is 2.60 bits per heavy atom. The van der Waals surface area contributed by atoms with Crippen molar-refractivity contribution in [3.63, 3.8) is 0 Å². The monoisotopic (exact) mass is 351 g/mol. The third kappa shape index (κ3) is 4.31. The topological polar surface area (TPSA) is 46.9 Å². The maximum atomic E-state index is 12.1. The summed E-state index contributed by atoms with van der Waals surface area (Å²) >= 11 is 1.45. The first kappa shape index (κ1) is 17.3. The summed E-state index contributed by atoms with van der Waals surface area (Å²) < 4.78 is 2.02. The average molecular weight is 351 g/mol. The molecule has 0 saturated heterocycles. The average Bonchev–Trinajstić information content (AvgIpc) is 3.00. The Kier molecular flexibility index (Phi) is 5.56. The lowest BCUT2D eigenvalue weighted by molar-refractivity contribution is -0.118. The molecule has 3 rings (SSSR count). The van der Waals surface area contributed by atoms with E-state index in [-0.39, 0.29) is 5.91 Å². The highest BCUT2D eigenvalue weighted by Crippen LogP contribution is 2.24. The van der Waals surface area contributed by atoms with Crippen molar-refractivity contribution in [3.8, 4) is 11.3 Å². The molecular weight excluding hydrogens is 330 g/mol. The highest BCUT2D eigenvalue weighted by atomic mass is 32.2. The Hall–Kier alpha value is -2.53. The van der Waals surface area contributed by atoms with Gasteiger partial charge in [-0.1, -0.05) is 66.4 Å². The molecule has 2 aromatic carbocycles. The van der Waals surface area contributed by atoms with E-state index in [0.29, 0.717) is 12.3 Å². The molecule has 25 heavy (non-hydrogen) atoms. The van der Waals surface area contributed by atoms with Gasteiger partial charge in [0.15, 0.2) is 5.16 Å². The Morgan fingerprint density at radius 2 is 1.84 bits per heavy atom. The number of nitrogens with zero attached hydrogens (tertiary/aromatic N) is 2. The second kappa shape index (κ2) is 8.03. The Morgan fingerprint density at radius 1 is 1.12 bits per heavy atom. The number of carbonyl (C=O) groups is 1. The molecule has 5 heteroatoms. The van der Waals surface area contributed by atoms with Crippen LogP contribution in [0.4, 0.5) is 0 Å². The van der Waals surface area contributed by atoms with Gasteiger partial charge in [0.25, 0.3) is 0 Å². The van der Waals surface area contributed by atoms with Gasteiger partial charge in [-0.05, 0) is 23.6 Å². The maximum Gasteiger partial charge on any atom is 0.230 e. The third-order valence-electron chi connectivity index (χ3n) is 4.08. The standard InChI is InChI=1S/C20H21N3OS/c1-15-8-6-7-11-17(15)12-21-19(24)14-25-20-22-13-18(23(20)2)16-9-4-3-5-10-16/h3-11,13H,12,14H2,1-2H3,(H,21,24). The first-order chi connectivity index (χ1) is 12.1. The number of aromatic nitrogens is 2. The van der Waals surface area contributed by atoms with Crippen molar-refractivity contribution in [3.05, 3.63) is 71.9 Å². The van der Waals surface area contributed by atoms with Crippen LogP contribution in [-0.2, 0) is 18.4 Å². The summed E-state index contributed by atoms with van der Waals surface area (Å²) in [7, 11) is 1.98. The van der Waals surface area contributed by atoms with Crippen molar-refractivity contribution in [2.75, 3.05) is 5.75 Å². The largest absolute Gasteiger partial charge is 0.351 e. The molecule has 0 fully saturated rings. The van der Waals surface area contributed by atoms with Crippen LogP contribution >= 0.6 is 11.8 Å². The highest BCUT2D eigenvalue weighted by molar-refractivity contribution is 7.99. The first-order valence-corrected chi connectivity index (χ1v) is 9.15. The molecule has 1 N–H and O–H groups in total. The van der Waals surface area contributed by atoms with Crippen LogP contribution < -0.4 is 5.32 Å². The van der Waals surface area contributed by atoms with Gasteiger partial charge in [-0.25, -0.2) is 4.98 Å². The third-order valence-corrected chi connectivity index (χ3v) is 5.13. The summed E-state index contributed by atoms with van der Waals surface area (Å²) in [5.74, 6) is 0.364. The summed E-state index contributed by atoms with van der Waals surface area (Å²) in [4.78, 5) is 16.6. The molecule has 0 aliphatic carbocycles. The first-order valence-electron chi connectivity index (χ1n) is 8.16. The number of carbonyl (C=O) groups excluding carboxylic acids is 1. The van der Waals surface area contributed by atoms with Crippen molar-refractivity contribution < 1.29 is 4.79 Å². The van der Waals surface area contributed by atoms with E-state index in [2.05, 4.69) is 35.4 Å². The van der Waals surface area contributed by atoms with Gasteiger partial charge >= 0.3 is 0 Å². The number of rotatable bonds is 6. The Balaban J connectivity index is 1.56. The van der Waals surface area contributed by atoms with E-state index < -0.39 is 0 Å². The zero-order valence-corrected chi connectivity index (χ0v) is 15.2. The summed E-state index contributed by atoms with van der Waals surface area (Å²) in [6.07, 6.45) is 1.85. The van der Waals surface area contributed by atoms with Crippen molar-refractivity contribution in [2.24, 2.45) is 7.05 Å². The lowest BCUT2D eigenvalue weighted by atomic mass is 10.1. The highest BCUT2D eigenvalue weighted by Gasteiger charge is 2.11. The van der Waals surface area contributed by atoms with Crippen LogP contribution in [0.5, 0.6) is 0 Å². The number of amides is 1. The minimum Gasteiger partial charge on any atom is -0.351 e. The Bertz CT molecular complexity index is 858. The molecule has 0 atom stereocenters. The van der Waals surface area contributed by atoms with Crippen LogP contribution in [0.1, 0.15) is 11.1 Å². The van der Waals surface area contributed by atoms with E-state index in [1.807, 2.05) is 54.2 Å². The van der Waals surface area contributed by atoms with Crippen LogP contribution in [0.15, 0.2) is 66.0 Å². The fraction of sp³-hybridized carbons (Fsp3) is 0.200. The van der Waals surface area contributed by atoms with Crippen LogP contribution in [-0.4, -0.2) is 21.2 Å². The van der Waals surface area contributed by atoms with Gasteiger partial charge in [0, 0.05) is 13.6 Å². The second-order valence-corrected chi connectivity index (χ2v) is 6.79. The summed E-state index contributed by atoms with van der Waals surface area (Å²) in [5.41, 5.74) is 4.49. The van der Waals surface area contributed by atoms with E-state index in [1.165, 1.54) is 17.3 Å². The maximum absolute atomic E-state index is 12.1. The van der Waals surface area contributed by atoms with Crippen LogP contribution in [0.25, 0.3) is 11.3 Å². The quantitative estimate of drug-likeness (QED) is 0.687. The van der Waals surface area contributed by atoms with Gasteiger partial charge in [0.1, 0.15) is 0 Å². The van der Waals surface area contributed by atoms with Crippen molar-refractivity contribution >= 4 is 17.7 Å². The molecule has 0 bridgehead atoms. The fourth-order valence-electron chi connectivity index (χ4n) is 2.59. The van der Waals surface area contributed by atoms with Crippen molar-refractivity contribution in [1.82, 2.24) is 14.9 Å². The predicted molar refractivity (Wildman–Crippen MR) is 102 cm³/mol. The molecule has 0 aliphatic rings. The molecule has 0 saturated carbocycles. The number of thioether (sulfide) groups is 1. The van der Waals surface area contributed by atoms with Gasteiger partial charge in [-0.15, -0.1) is 0 Å². The van der Waals surface area contributed by atoms with E-state index in [9.17, 15) is 4.79 Å². The van der Waals surface area contributed by atoms with Crippen LogP contribution in [0.3, 0.4) is 0 Å². The van der Waals surface area contributed by atoms with Crippen molar-refractivity contribution in [2.45, 2.75) is 18.6 Å². The minimum atomic E-state index is 0.0116. The molecule has 1 heterocycles. The zero-order chi connectivity index (χ0) is 17.6. The number of imidazole rings is 1. The summed E-state index contributed by atoms with van der Waals surface area (Å²) in [5, 5.41) is 3.81. The summed E-state index contributed by atoms with van der Waals surface area (Å²) in [6.45, 7) is 2.61. The molecule has 3 aromatic rings. The zero-order valence-electron chi connectivity index (χ0n) is 14.4. The minimum absolute atomic E-state index is 0.0116. The van der Waals surface area contributed by atoms with E-state index in [4.69, 9.17) is 0 Å². The lowest BCUT2D eigenvalue weighted by Crippen LogP contribution is -2.25. The predicted octanol–water partition coefficient (Wildman–Crippen LogP) is 3.80. The molecule has 0 radical (unpaired) electrons. The van der Waals surface area contributed by atoms with Gasteiger partial charge in [-0.3, -0.25) is 4.79 Å². The van der Waals surface area contributed by atoms with Gasteiger partial charge in [0.05, 0.1) is 17.6 Å². The van der Waals surface area contributed by atoms with Gasteiger partial charge < -0.3 is 9.88 Å². The molecule has 1 aromatic heterocycles. The molecule has 0 aliphatic heterocycles. The molecule has 4 nitrogen and oxygen atoms in total. The second-order valence-electron chi connectivity index (χ2n) is 5.84. The molecule has 128 valence electrons. The lowest BCUT2D eigenvalue weighted by Gasteiger charge is -2.08.